The van der Waals surface area contributed by atoms with E-state index in [4.69, 9.17) is 4.74 Å². The van der Waals surface area contributed by atoms with Gasteiger partial charge in [-0.2, -0.15) is 0 Å². The SMILES string of the molecule is OC1CC(F)OC1CNC(c1ccccc1)(c1ccccc1)c1ccccc1. The zero-order valence-corrected chi connectivity index (χ0v) is 15.5. The lowest BCUT2D eigenvalue weighted by Crippen LogP contribution is -2.49. The largest absolute Gasteiger partial charge is 0.390 e. The molecule has 0 aromatic heterocycles. The van der Waals surface area contributed by atoms with Crippen molar-refractivity contribution in [3.63, 3.8) is 0 Å². The minimum Gasteiger partial charge on any atom is -0.390 e. The van der Waals surface area contributed by atoms with Crippen molar-refractivity contribution < 1.29 is 14.2 Å². The van der Waals surface area contributed by atoms with E-state index in [1.807, 2.05) is 54.6 Å². The summed E-state index contributed by atoms with van der Waals surface area (Å²) >= 11 is 0. The van der Waals surface area contributed by atoms with E-state index in [2.05, 4.69) is 41.7 Å². The van der Waals surface area contributed by atoms with Gasteiger partial charge >= 0.3 is 0 Å². The fraction of sp³-hybridized carbons (Fsp3) is 0.250. The highest BCUT2D eigenvalue weighted by Crippen LogP contribution is 2.37. The Balaban J connectivity index is 1.81. The first-order valence-electron chi connectivity index (χ1n) is 9.59. The molecule has 28 heavy (non-hydrogen) atoms. The summed E-state index contributed by atoms with van der Waals surface area (Å²) in [6.45, 7) is 0.320. The van der Waals surface area contributed by atoms with Gasteiger partial charge in [0.1, 0.15) is 0 Å². The number of ether oxygens (including phenoxy) is 1. The lowest BCUT2D eigenvalue weighted by atomic mass is 9.77. The van der Waals surface area contributed by atoms with Crippen molar-refractivity contribution in [2.24, 2.45) is 0 Å². The number of benzene rings is 3. The van der Waals surface area contributed by atoms with Crippen molar-refractivity contribution in [2.75, 3.05) is 6.54 Å². The highest BCUT2D eigenvalue weighted by molar-refractivity contribution is 5.49. The molecule has 4 rings (SSSR count). The van der Waals surface area contributed by atoms with Crippen LogP contribution in [0.25, 0.3) is 0 Å². The van der Waals surface area contributed by atoms with Crippen LogP contribution in [0.4, 0.5) is 4.39 Å². The fourth-order valence-electron chi connectivity index (χ4n) is 3.99. The Kier molecular flexibility index (Phi) is 5.53. The molecule has 0 radical (unpaired) electrons. The molecule has 3 unspecified atom stereocenters. The van der Waals surface area contributed by atoms with Gasteiger partial charge in [-0.25, -0.2) is 4.39 Å². The number of halogens is 1. The number of hydrogen-bond acceptors (Lipinski definition) is 3. The first-order valence-corrected chi connectivity index (χ1v) is 9.59. The smallest absolute Gasteiger partial charge is 0.201 e. The maximum absolute atomic E-state index is 13.6. The molecule has 144 valence electrons. The average molecular weight is 377 g/mol. The van der Waals surface area contributed by atoms with Gasteiger partial charge in [0.25, 0.3) is 0 Å². The van der Waals surface area contributed by atoms with Crippen LogP contribution < -0.4 is 5.32 Å². The van der Waals surface area contributed by atoms with E-state index in [1.54, 1.807) is 0 Å². The molecule has 3 aromatic carbocycles. The summed E-state index contributed by atoms with van der Waals surface area (Å²) in [6, 6.07) is 30.5. The Morgan fingerprint density at radius 1 is 0.821 bits per heavy atom. The molecule has 4 heteroatoms. The normalized spacial score (nSPS) is 22.3. The Morgan fingerprint density at radius 3 is 1.61 bits per heavy atom. The van der Waals surface area contributed by atoms with Crippen LogP contribution in [0.5, 0.6) is 0 Å². The quantitative estimate of drug-likeness (QED) is 0.638. The summed E-state index contributed by atoms with van der Waals surface area (Å²) in [5.41, 5.74) is 2.55. The van der Waals surface area contributed by atoms with Crippen LogP contribution in [0.15, 0.2) is 91.0 Å². The van der Waals surface area contributed by atoms with Crippen molar-refractivity contribution >= 4 is 0 Å². The van der Waals surface area contributed by atoms with E-state index in [9.17, 15) is 9.50 Å². The third-order valence-electron chi connectivity index (χ3n) is 5.37. The second-order valence-electron chi connectivity index (χ2n) is 7.12. The second-order valence-corrected chi connectivity index (χ2v) is 7.12. The minimum atomic E-state index is -1.42. The Bertz CT molecular complexity index is 776. The first kappa shape index (κ1) is 18.8. The number of alkyl halides is 1. The van der Waals surface area contributed by atoms with E-state index in [1.165, 1.54) is 0 Å². The molecule has 3 nitrogen and oxygen atoms in total. The Morgan fingerprint density at radius 2 is 1.25 bits per heavy atom. The monoisotopic (exact) mass is 377 g/mol. The van der Waals surface area contributed by atoms with Gasteiger partial charge in [-0.1, -0.05) is 91.0 Å². The predicted octanol–water partition coefficient (Wildman–Crippen LogP) is 4.01. The molecule has 0 amide bonds. The Labute approximate surface area is 164 Å². The summed E-state index contributed by atoms with van der Waals surface area (Å²) in [4.78, 5) is 0. The maximum atomic E-state index is 13.6. The van der Waals surface area contributed by atoms with Gasteiger partial charge in [0.05, 0.1) is 17.7 Å². The summed E-state index contributed by atoms with van der Waals surface area (Å²) in [5, 5.41) is 13.8. The van der Waals surface area contributed by atoms with Crippen molar-refractivity contribution in [3.8, 4) is 0 Å². The maximum Gasteiger partial charge on any atom is 0.201 e. The molecule has 0 bridgehead atoms. The van der Waals surface area contributed by atoms with Crippen LogP contribution in [-0.4, -0.2) is 30.2 Å². The molecule has 1 saturated heterocycles. The molecule has 2 N–H and O–H groups in total. The fourth-order valence-corrected chi connectivity index (χ4v) is 3.99. The summed E-state index contributed by atoms with van der Waals surface area (Å²) in [6.07, 6.45) is -2.81. The molecular formula is C24H24FNO2. The van der Waals surface area contributed by atoms with Gasteiger partial charge in [0.15, 0.2) is 0 Å². The summed E-state index contributed by atoms with van der Waals surface area (Å²) in [7, 11) is 0. The van der Waals surface area contributed by atoms with Crippen LogP contribution in [-0.2, 0) is 10.3 Å². The molecular weight excluding hydrogens is 353 g/mol. The van der Waals surface area contributed by atoms with Crippen LogP contribution >= 0.6 is 0 Å². The van der Waals surface area contributed by atoms with Gasteiger partial charge in [-0.15, -0.1) is 0 Å². The highest BCUT2D eigenvalue weighted by Gasteiger charge is 2.39. The van der Waals surface area contributed by atoms with E-state index < -0.39 is 24.1 Å². The third-order valence-corrected chi connectivity index (χ3v) is 5.37. The Hall–Kier alpha value is -2.53. The van der Waals surface area contributed by atoms with Crippen LogP contribution in [0, 0.1) is 0 Å². The van der Waals surface area contributed by atoms with E-state index in [-0.39, 0.29) is 6.42 Å². The van der Waals surface area contributed by atoms with Gasteiger partial charge in [-0.05, 0) is 16.7 Å². The average Bonchev–Trinajstić information content (AvgIpc) is 3.08. The number of rotatable bonds is 6. The molecule has 0 saturated carbocycles. The van der Waals surface area contributed by atoms with Crippen molar-refractivity contribution in [1.82, 2.24) is 5.32 Å². The van der Waals surface area contributed by atoms with Crippen molar-refractivity contribution in [3.05, 3.63) is 108 Å². The molecule has 1 aliphatic rings. The second kappa shape index (κ2) is 8.23. The summed E-state index contributed by atoms with van der Waals surface area (Å²) < 4.78 is 18.9. The number of aliphatic hydroxyl groups excluding tert-OH is 1. The molecule has 3 atom stereocenters. The predicted molar refractivity (Wildman–Crippen MR) is 108 cm³/mol. The van der Waals surface area contributed by atoms with Crippen LogP contribution in [0.2, 0.25) is 0 Å². The first-order chi connectivity index (χ1) is 13.7. The molecule has 1 aliphatic heterocycles. The lowest BCUT2D eigenvalue weighted by Gasteiger charge is -2.38. The van der Waals surface area contributed by atoms with Crippen LogP contribution in [0.1, 0.15) is 23.1 Å². The van der Waals surface area contributed by atoms with Gasteiger partial charge < -0.3 is 9.84 Å². The van der Waals surface area contributed by atoms with Crippen LogP contribution in [0.3, 0.4) is 0 Å². The topological polar surface area (TPSA) is 41.5 Å². The lowest BCUT2D eigenvalue weighted by molar-refractivity contribution is -0.0458. The molecule has 1 fully saturated rings. The van der Waals surface area contributed by atoms with Crippen molar-refractivity contribution in [1.29, 1.82) is 0 Å². The van der Waals surface area contributed by atoms with Gasteiger partial charge in [-0.3, -0.25) is 5.32 Å². The van der Waals surface area contributed by atoms with Gasteiger partial charge in [0, 0.05) is 13.0 Å². The molecule has 0 spiro atoms. The minimum absolute atomic E-state index is 0.0152. The summed E-state index contributed by atoms with van der Waals surface area (Å²) in [5.74, 6) is 0. The standard InChI is InChI=1S/C24H24FNO2/c25-23-16-21(27)22(28-23)17-26-24(18-10-4-1-5-11-18,19-12-6-2-7-13-19)20-14-8-3-9-15-20/h1-15,21-23,26-27H,16-17H2. The zero-order valence-electron chi connectivity index (χ0n) is 15.5. The molecule has 3 aromatic rings. The highest BCUT2D eigenvalue weighted by atomic mass is 19.1. The molecule has 1 heterocycles. The number of nitrogens with one attached hydrogen (secondary N) is 1. The van der Waals surface area contributed by atoms with Gasteiger partial charge in [0.2, 0.25) is 6.36 Å². The van der Waals surface area contributed by atoms with E-state index in [0.717, 1.165) is 16.7 Å². The number of aliphatic hydroxyl groups is 1. The van der Waals surface area contributed by atoms with Crippen molar-refractivity contribution in [2.45, 2.75) is 30.5 Å². The van der Waals surface area contributed by atoms with E-state index in [0.29, 0.717) is 6.54 Å². The zero-order chi connectivity index (χ0) is 19.4. The number of hydrogen-bond donors (Lipinski definition) is 2. The molecule has 0 aliphatic carbocycles. The van der Waals surface area contributed by atoms with E-state index >= 15 is 0 Å². The third kappa shape index (κ3) is 3.59.